The average Bonchev–Trinajstić information content (AvgIpc) is 2.44. The highest BCUT2D eigenvalue weighted by molar-refractivity contribution is 5.75. The number of ether oxygens (including phenoxy) is 1. The van der Waals surface area contributed by atoms with Crippen LogP contribution in [0.1, 0.15) is 30.9 Å². The van der Waals surface area contributed by atoms with Crippen molar-refractivity contribution in [2.24, 2.45) is 5.92 Å². The third-order valence-electron chi connectivity index (χ3n) is 3.25. The summed E-state index contributed by atoms with van der Waals surface area (Å²) in [4.78, 5) is 11.5. The molecule has 1 atom stereocenters. The van der Waals surface area contributed by atoms with E-state index < -0.39 is 0 Å². The van der Waals surface area contributed by atoms with E-state index in [1.54, 1.807) is 0 Å². The van der Waals surface area contributed by atoms with Crippen molar-refractivity contribution in [3.05, 3.63) is 29.3 Å². The Morgan fingerprint density at radius 1 is 1.35 bits per heavy atom. The average molecular weight is 279 g/mol. The van der Waals surface area contributed by atoms with Gasteiger partial charge in [0.2, 0.25) is 5.91 Å². The molecule has 20 heavy (non-hydrogen) atoms. The fourth-order valence-electron chi connectivity index (χ4n) is 1.67. The van der Waals surface area contributed by atoms with Gasteiger partial charge >= 0.3 is 0 Å². The molecule has 0 radical (unpaired) electrons. The molecule has 0 aliphatic rings. The van der Waals surface area contributed by atoms with Gasteiger partial charge in [-0.1, -0.05) is 13.0 Å². The fourth-order valence-corrected chi connectivity index (χ4v) is 1.67. The van der Waals surface area contributed by atoms with Gasteiger partial charge < -0.3 is 15.2 Å². The summed E-state index contributed by atoms with van der Waals surface area (Å²) in [7, 11) is 0. The van der Waals surface area contributed by atoms with Crippen molar-refractivity contribution in [2.45, 2.75) is 33.6 Å². The van der Waals surface area contributed by atoms with E-state index in [0.29, 0.717) is 26.0 Å². The molecule has 0 fully saturated rings. The molecule has 4 nitrogen and oxygen atoms in total. The second-order valence-corrected chi connectivity index (χ2v) is 5.29. The summed E-state index contributed by atoms with van der Waals surface area (Å²) < 4.78 is 5.62. The van der Waals surface area contributed by atoms with Gasteiger partial charge in [-0.2, -0.15) is 0 Å². The number of aliphatic hydroxyl groups is 1. The minimum atomic E-state index is 0.00832. The van der Waals surface area contributed by atoms with Crippen LogP contribution in [0.3, 0.4) is 0 Å². The summed E-state index contributed by atoms with van der Waals surface area (Å²) >= 11 is 0. The van der Waals surface area contributed by atoms with Gasteiger partial charge in [-0.3, -0.25) is 4.79 Å². The minimum absolute atomic E-state index is 0.00832. The van der Waals surface area contributed by atoms with Crippen molar-refractivity contribution in [1.82, 2.24) is 5.32 Å². The van der Waals surface area contributed by atoms with Crippen LogP contribution in [0.4, 0.5) is 0 Å². The quantitative estimate of drug-likeness (QED) is 0.717. The molecule has 0 spiro atoms. The number of hydrogen-bond acceptors (Lipinski definition) is 3. The van der Waals surface area contributed by atoms with Gasteiger partial charge in [0, 0.05) is 19.6 Å². The van der Waals surface area contributed by atoms with E-state index >= 15 is 0 Å². The maximum absolute atomic E-state index is 11.5. The number of amides is 1. The van der Waals surface area contributed by atoms with Gasteiger partial charge in [-0.15, -0.1) is 0 Å². The summed E-state index contributed by atoms with van der Waals surface area (Å²) in [6.07, 6.45) is 1.13. The molecular formula is C16H25NO3. The number of carbonyl (C=O) groups excluding carboxylic acids is 1. The molecule has 1 rings (SSSR count). The topological polar surface area (TPSA) is 58.6 Å². The minimum Gasteiger partial charge on any atom is -0.494 e. The van der Waals surface area contributed by atoms with Crippen molar-refractivity contribution in [2.75, 3.05) is 19.8 Å². The zero-order valence-corrected chi connectivity index (χ0v) is 12.6. The van der Waals surface area contributed by atoms with E-state index in [1.807, 2.05) is 25.1 Å². The Kier molecular flexibility index (Phi) is 7.09. The second-order valence-electron chi connectivity index (χ2n) is 5.29. The number of benzene rings is 1. The molecule has 112 valence electrons. The first kappa shape index (κ1) is 16.5. The molecule has 0 saturated heterocycles. The molecule has 0 aromatic heterocycles. The van der Waals surface area contributed by atoms with Gasteiger partial charge in [-0.25, -0.2) is 0 Å². The number of hydrogen-bond donors (Lipinski definition) is 2. The predicted octanol–water partition coefficient (Wildman–Crippen LogP) is 2.21. The van der Waals surface area contributed by atoms with Gasteiger partial charge in [0.05, 0.1) is 6.61 Å². The smallest absolute Gasteiger partial charge is 0.220 e. The molecule has 1 aromatic rings. The number of aryl methyl sites for hydroxylation is 2. The summed E-state index contributed by atoms with van der Waals surface area (Å²) in [6, 6.07) is 6.00. The van der Waals surface area contributed by atoms with Crippen LogP contribution in [0.25, 0.3) is 0 Å². The van der Waals surface area contributed by atoms with Gasteiger partial charge in [0.25, 0.3) is 0 Å². The van der Waals surface area contributed by atoms with Gasteiger partial charge in [-0.05, 0) is 49.4 Å². The first-order valence-electron chi connectivity index (χ1n) is 7.10. The maximum atomic E-state index is 11.5. The Labute approximate surface area is 121 Å². The van der Waals surface area contributed by atoms with Crippen molar-refractivity contribution in [1.29, 1.82) is 0 Å². The van der Waals surface area contributed by atoms with E-state index in [2.05, 4.69) is 19.2 Å². The standard InChI is InChI=1S/C16H25NO3/c1-12(11-18)10-17-16(19)5-4-8-20-15-7-6-13(2)14(3)9-15/h6-7,9,12,18H,4-5,8,10-11H2,1-3H3,(H,17,19). The monoisotopic (exact) mass is 279 g/mol. The Balaban J connectivity index is 2.18. The Morgan fingerprint density at radius 2 is 2.10 bits per heavy atom. The van der Waals surface area contributed by atoms with Gasteiger partial charge in [0.15, 0.2) is 0 Å². The summed E-state index contributed by atoms with van der Waals surface area (Å²) in [5.41, 5.74) is 2.45. The lowest BCUT2D eigenvalue weighted by atomic mass is 10.1. The van der Waals surface area contributed by atoms with Crippen molar-refractivity contribution >= 4 is 5.91 Å². The second kappa shape index (κ2) is 8.59. The Hall–Kier alpha value is -1.55. The SMILES string of the molecule is Cc1ccc(OCCCC(=O)NCC(C)CO)cc1C. The lowest BCUT2D eigenvalue weighted by molar-refractivity contribution is -0.121. The molecule has 1 amide bonds. The highest BCUT2D eigenvalue weighted by Gasteiger charge is 2.04. The van der Waals surface area contributed by atoms with Crippen LogP contribution in [-0.2, 0) is 4.79 Å². The lowest BCUT2D eigenvalue weighted by Crippen LogP contribution is -2.29. The molecule has 0 aliphatic carbocycles. The van der Waals surface area contributed by atoms with E-state index in [4.69, 9.17) is 9.84 Å². The lowest BCUT2D eigenvalue weighted by Gasteiger charge is -2.10. The van der Waals surface area contributed by atoms with Crippen LogP contribution < -0.4 is 10.1 Å². The van der Waals surface area contributed by atoms with E-state index in [9.17, 15) is 4.79 Å². The number of carbonyl (C=O) groups is 1. The molecule has 4 heteroatoms. The molecule has 0 aliphatic heterocycles. The van der Waals surface area contributed by atoms with Crippen LogP contribution in [-0.4, -0.2) is 30.8 Å². The van der Waals surface area contributed by atoms with Crippen LogP contribution in [0.15, 0.2) is 18.2 Å². The molecule has 0 bridgehead atoms. The maximum Gasteiger partial charge on any atom is 0.220 e. The third kappa shape index (κ3) is 6.06. The zero-order valence-electron chi connectivity index (χ0n) is 12.6. The third-order valence-corrected chi connectivity index (χ3v) is 3.25. The summed E-state index contributed by atoms with van der Waals surface area (Å²) in [5, 5.41) is 11.7. The highest BCUT2D eigenvalue weighted by atomic mass is 16.5. The Morgan fingerprint density at radius 3 is 2.75 bits per heavy atom. The van der Waals surface area contributed by atoms with Crippen LogP contribution in [0, 0.1) is 19.8 Å². The van der Waals surface area contributed by atoms with Crippen molar-refractivity contribution in [3.63, 3.8) is 0 Å². The fraction of sp³-hybridized carbons (Fsp3) is 0.562. The number of rotatable bonds is 8. The normalized spacial score (nSPS) is 12.0. The zero-order chi connectivity index (χ0) is 15.0. The molecular weight excluding hydrogens is 254 g/mol. The highest BCUT2D eigenvalue weighted by Crippen LogP contribution is 2.16. The van der Waals surface area contributed by atoms with Crippen LogP contribution >= 0.6 is 0 Å². The van der Waals surface area contributed by atoms with E-state index in [1.165, 1.54) is 11.1 Å². The number of nitrogens with one attached hydrogen (secondary N) is 1. The molecule has 0 saturated carbocycles. The van der Waals surface area contributed by atoms with Crippen LogP contribution in [0.5, 0.6) is 5.75 Å². The summed E-state index contributed by atoms with van der Waals surface area (Å²) in [5.74, 6) is 0.960. The molecule has 1 unspecified atom stereocenters. The van der Waals surface area contributed by atoms with Crippen molar-refractivity contribution in [3.8, 4) is 5.75 Å². The van der Waals surface area contributed by atoms with Gasteiger partial charge in [0.1, 0.15) is 5.75 Å². The summed E-state index contributed by atoms with van der Waals surface area (Å²) in [6.45, 7) is 7.16. The van der Waals surface area contributed by atoms with E-state index in [-0.39, 0.29) is 18.4 Å². The van der Waals surface area contributed by atoms with Crippen LogP contribution in [0.2, 0.25) is 0 Å². The molecule has 0 heterocycles. The predicted molar refractivity (Wildman–Crippen MR) is 79.9 cm³/mol. The molecule has 1 aromatic carbocycles. The van der Waals surface area contributed by atoms with E-state index in [0.717, 1.165) is 5.75 Å². The largest absolute Gasteiger partial charge is 0.494 e. The first-order chi connectivity index (χ1) is 9.52. The van der Waals surface area contributed by atoms with Crippen molar-refractivity contribution < 1.29 is 14.6 Å². The number of aliphatic hydroxyl groups excluding tert-OH is 1. The molecule has 2 N–H and O–H groups in total. The Bertz CT molecular complexity index is 432. The first-order valence-corrected chi connectivity index (χ1v) is 7.10.